The Balaban J connectivity index is 3.91. The summed E-state index contributed by atoms with van der Waals surface area (Å²) in [6.07, 6.45) is 3.96. The maximum atomic E-state index is 11.2. The zero-order valence-corrected chi connectivity index (χ0v) is 12.2. The lowest BCUT2D eigenvalue weighted by Gasteiger charge is -2.21. The van der Waals surface area contributed by atoms with E-state index >= 15 is 0 Å². The summed E-state index contributed by atoms with van der Waals surface area (Å²) >= 11 is 0. The van der Waals surface area contributed by atoms with Gasteiger partial charge >= 0.3 is 5.97 Å². The Hall–Kier alpha value is -1.08. The highest BCUT2D eigenvalue weighted by atomic mass is 16.5. The number of unbranched alkanes of at least 4 members (excludes halogenated alkanes) is 1. The van der Waals surface area contributed by atoms with Gasteiger partial charge in [-0.15, -0.1) is 0 Å². The van der Waals surface area contributed by atoms with Gasteiger partial charge in [-0.3, -0.25) is 9.69 Å². The predicted molar refractivity (Wildman–Crippen MR) is 72.0 cm³/mol. The minimum absolute atomic E-state index is 0.180. The van der Waals surface area contributed by atoms with E-state index in [0.717, 1.165) is 38.8 Å². The Morgan fingerprint density at radius 3 is 2.50 bits per heavy atom. The second-order valence-corrected chi connectivity index (χ2v) is 5.31. The highest BCUT2D eigenvalue weighted by Crippen LogP contribution is 2.21. The summed E-state index contributed by atoms with van der Waals surface area (Å²) in [4.78, 5) is 13.3. The number of esters is 1. The molecule has 0 amide bonds. The second kappa shape index (κ2) is 8.93. The molecule has 0 aliphatic heterocycles. The lowest BCUT2D eigenvalue weighted by molar-refractivity contribution is -0.141. The van der Waals surface area contributed by atoms with Crippen LogP contribution in [-0.4, -0.2) is 37.6 Å². The number of nitrogens with zero attached hydrogens (tertiary/aromatic N) is 2. The zero-order valence-electron chi connectivity index (χ0n) is 12.2. The van der Waals surface area contributed by atoms with E-state index in [1.165, 1.54) is 7.11 Å². The molecule has 0 bridgehead atoms. The van der Waals surface area contributed by atoms with Gasteiger partial charge in [0.25, 0.3) is 0 Å². The molecule has 0 aromatic carbocycles. The van der Waals surface area contributed by atoms with Crippen LogP contribution < -0.4 is 0 Å². The van der Waals surface area contributed by atoms with Crippen molar-refractivity contribution in [2.75, 3.05) is 26.7 Å². The van der Waals surface area contributed by atoms with Gasteiger partial charge in [0.2, 0.25) is 0 Å². The maximum Gasteiger partial charge on any atom is 0.319 e. The summed E-state index contributed by atoms with van der Waals surface area (Å²) in [5.41, 5.74) is -0.238. The van der Waals surface area contributed by atoms with Gasteiger partial charge < -0.3 is 4.74 Å². The molecule has 18 heavy (non-hydrogen) atoms. The molecule has 0 heterocycles. The fourth-order valence-electron chi connectivity index (χ4n) is 1.79. The number of nitriles is 1. The molecule has 0 saturated heterocycles. The third-order valence-corrected chi connectivity index (χ3v) is 2.95. The first-order valence-corrected chi connectivity index (χ1v) is 6.65. The lowest BCUT2D eigenvalue weighted by atomic mass is 9.89. The van der Waals surface area contributed by atoms with Gasteiger partial charge in [0.15, 0.2) is 0 Å². The largest absolute Gasteiger partial charge is 0.468 e. The lowest BCUT2D eigenvalue weighted by Crippen LogP contribution is -2.32. The Morgan fingerprint density at radius 2 is 2.00 bits per heavy atom. The average molecular weight is 254 g/mol. The molecule has 0 unspecified atom stereocenters. The molecule has 0 rings (SSSR count). The van der Waals surface area contributed by atoms with Gasteiger partial charge in [-0.25, -0.2) is 0 Å². The van der Waals surface area contributed by atoms with E-state index in [1.807, 2.05) is 13.8 Å². The van der Waals surface area contributed by atoms with E-state index < -0.39 is 0 Å². The molecule has 0 aromatic heterocycles. The molecule has 4 nitrogen and oxygen atoms in total. The monoisotopic (exact) mass is 254 g/mol. The number of hydrogen-bond donors (Lipinski definition) is 0. The van der Waals surface area contributed by atoms with E-state index in [9.17, 15) is 4.79 Å². The van der Waals surface area contributed by atoms with Crippen LogP contribution in [0.2, 0.25) is 0 Å². The quantitative estimate of drug-likeness (QED) is 0.469. The molecule has 0 N–H and O–H groups in total. The topological polar surface area (TPSA) is 53.3 Å². The fraction of sp³-hybridized carbons (Fsp3) is 0.857. The van der Waals surface area contributed by atoms with Crippen LogP contribution in [0.1, 0.15) is 46.5 Å². The summed E-state index contributed by atoms with van der Waals surface area (Å²) in [5.74, 6) is -0.180. The van der Waals surface area contributed by atoms with Crippen molar-refractivity contribution in [3.63, 3.8) is 0 Å². The number of rotatable bonds is 9. The van der Waals surface area contributed by atoms with Gasteiger partial charge in [-0.2, -0.15) is 5.26 Å². The molecule has 0 radical (unpaired) electrons. The second-order valence-electron chi connectivity index (χ2n) is 5.31. The van der Waals surface area contributed by atoms with Crippen LogP contribution in [0.4, 0.5) is 0 Å². The number of carbonyl (C=O) groups is 1. The van der Waals surface area contributed by atoms with Crippen molar-refractivity contribution in [3.05, 3.63) is 0 Å². The smallest absolute Gasteiger partial charge is 0.319 e. The van der Waals surface area contributed by atoms with Gasteiger partial charge in [0, 0.05) is 0 Å². The minimum Gasteiger partial charge on any atom is -0.468 e. The van der Waals surface area contributed by atoms with E-state index in [2.05, 4.69) is 22.6 Å². The molecule has 4 heteroatoms. The van der Waals surface area contributed by atoms with E-state index in [0.29, 0.717) is 6.54 Å². The normalized spacial score (nSPS) is 11.3. The van der Waals surface area contributed by atoms with E-state index in [-0.39, 0.29) is 11.4 Å². The van der Waals surface area contributed by atoms with Crippen LogP contribution in [-0.2, 0) is 9.53 Å². The summed E-state index contributed by atoms with van der Waals surface area (Å²) in [7, 11) is 1.42. The summed E-state index contributed by atoms with van der Waals surface area (Å²) in [5, 5.41) is 8.92. The molecule has 104 valence electrons. The molecule has 0 aromatic rings. The maximum absolute atomic E-state index is 11.2. The highest BCUT2D eigenvalue weighted by molar-refractivity contribution is 5.71. The van der Waals surface area contributed by atoms with Gasteiger partial charge in [-0.1, -0.05) is 13.3 Å². The van der Waals surface area contributed by atoms with Crippen molar-refractivity contribution in [3.8, 4) is 6.07 Å². The van der Waals surface area contributed by atoms with E-state index in [1.54, 1.807) is 0 Å². The van der Waals surface area contributed by atoms with Gasteiger partial charge in [0.05, 0.1) is 25.1 Å². The van der Waals surface area contributed by atoms with E-state index in [4.69, 9.17) is 5.26 Å². The summed E-state index contributed by atoms with van der Waals surface area (Å²) in [6, 6.07) is 2.31. The zero-order chi connectivity index (χ0) is 14.0. The van der Waals surface area contributed by atoms with Crippen molar-refractivity contribution in [2.45, 2.75) is 46.5 Å². The number of hydrogen-bond acceptors (Lipinski definition) is 4. The number of carbonyl (C=O) groups excluding carboxylic acids is 1. The summed E-state index contributed by atoms with van der Waals surface area (Å²) in [6.45, 7) is 8.20. The Labute approximate surface area is 111 Å². The first kappa shape index (κ1) is 16.9. The molecule has 0 atom stereocenters. The molecule has 0 saturated carbocycles. The molecule has 0 fully saturated rings. The predicted octanol–water partition coefficient (Wildman–Crippen LogP) is 2.59. The van der Waals surface area contributed by atoms with Crippen LogP contribution in [0.3, 0.4) is 0 Å². The fourth-order valence-corrected chi connectivity index (χ4v) is 1.79. The highest BCUT2D eigenvalue weighted by Gasteiger charge is 2.16. The number of methoxy groups -OCH3 is 1. The molecular formula is C14H26N2O2. The molecular weight excluding hydrogens is 228 g/mol. The SMILES string of the molecule is CCCN(CCCCC(C)(C)C#N)CC(=O)OC. The van der Waals surface area contributed by atoms with Crippen molar-refractivity contribution in [2.24, 2.45) is 5.41 Å². The van der Waals surface area contributed by atoms with Crippen LogP contribution in [0.15, 0.2) is 0 Å². The van der Waals surface area contributed by atoms with Crippen LogP contribution in [0.25, 0.3) is 0 Å². The van der Waals surface area contributed by atoms with Crippen LogP contribution >= 0.6 is 0 Å². The third kappa shape index (κ3) is 8.08. The van der Waals surface area contributed by atoms with Crippen molar-refractivity contribution >= 4 is 5.97 Å². The minimum atomic E-state index is -0.238. The molecule has 0 aliphatic carbocycles. The first-order chi connectivity index (χ1) is 8.45. The van der Waals surface area contributed by atoms with Crippen molar-refractivity contribution in [1.29, 1.82) is 5.26 Å². The van der Waals surface area contributed by atoms with Crippen LogP contribution in [0.5, 0.6) is 0 Å². The first-order valence-electron chi connectivity index (χ1n) is 6.65. The Morgan fingerprint density at radius 1 is 1.33 bits per heavy atom. The Bertz CT molecular complexity index is 282. The molecule has 0 spiro atoms. The Kier molecular flexibility index (Phi) is 8.40. The van der Waals surface area contributed by atoms with Crippen molar-refractivity contribution < 1.29 is 9.53 Å². The number of ether oxygens (including phenoxy) is 1. The van der Waals surface area contributed by atoms with Crippen LogP contribution in [0, 0.1) is 16.7 Å². The van der Waals surface area contributed by atoms with Gasteiger partial charge in [0.1, 0.15) is 0 Å². The van der Waals surface area contributed by atoms with Gasteiger partial charge in [-0.05, 0) is 46.2 Å². The third-order valence-electron chi connectivity index (χ3n) is 2.95. The van der Waals surface area contributed by atoms with Crippen molar-refractivity contribution in [1.82, 2.24) is 4.90 Å². The summed E-state index contributed by atoms with van der Waals surface area (Å²) < 4.78 is 4.68. The standard InChI is InChI=1S/C14H26N2O2/c1-5-9-16(11-13(17)18-4)10-7-6-8-14(2,3)12-15/h5-11H2,1-4H3. The molecule has 0 aliphatic rings. The average Bonchev–Trinajstić information content (AvgIpc) is 2.34.